The Hall–Kier alpha value is -0.0800. The summed E-state index contributed by atoms with van der Waals surface area (Å²) in [5, 5.41) is 0. The van der Waals surface area contributed by atoms with E-state index in [1.54, 1.807) is 0 Å². The van der Waals surface area contributed by atoms with Crippen molar-refractivity contribution in [3.8, 4) is 0 Å². The van der Waals surface area contributed by atoms with Crippen LogP contribution in [0.4, 0.5) is 0 Å². The molecule has 0 bridgehead atoms. The average molecular weight is 280 g/mol. The van der Waals surface area contributed by atoms with Gasteiger partial charge in [0.2, 0.25) is 0 Å². The monoisotopic (exact) mass is 280 g/mol. The fourth-order valence-corrected chi connectivity index (χ4v) is 4.01. The molecule has 2 rings (SSSR count). The molecule has 0 radical (unpaired) electrons. The van der Waals surface area contributed by atoms with Gasteiger partial charge in [-0.15, -0.1) is 0 Å². The largest absolute Gasteiger partial charge is 0.303 e. The molecular weight excluding hydrogens is 244 g/mol. The van der Waals surface area contributed by atoms with E-state index in [0.717, 1.165) is 12.0 Å². The maximum atomic E-state index is 2.76. The zero-order chi connectivity index (χ0) is 14.6. The van der Waals surface area contributed by atoms with E-state index < -0.39 is 0 Å². The fourth-order valence-electron chi connectivity index (χ4n) is 4.01. The molecule has 1 atom stereocenters. The molecular formula is C18H36N2. The third kappa shape index (κ3) is 4.21. The van der Waals surface area contributed by atoms with E-state index in [4.69, 9.17) is 0 Å². The molecule has 0 amide bonds. The Morgan fingerprint density at radius 2 is 1.65 bits per heavy atom. The van der Waals surface area contributed by atoms with Crippen molar-refractivity contribution in [2.45, 2.75) is 72.3 Å². The summed E-state index contributed by atoms with van der Waals surface area (Å²) in [6.45, 7) is 16.3. The molecule has 1 unspecified atom stereocenters. The lowest BCUT2D eigenvalue weighted by Crippen LogP contribution is -2.48. The molecule has 0 aliphatic carbocycles. The highest BCUT2D eigenvalue weighted by molar-refractivity contribution is 4.87. The summed E-state index contributed by atoms with van der Waals surface area (Å²) in [6.07, 6.45) is 8.34. The fraction of sp³-hybridized carbons (Fsp3) is 1.00. The smallest absolute Gasteiger partial charge is 0.00643 e. The van der Waals surface area contributed by atoms with Gasteiger partial charge in [-0.2, -0.15) is 0 Å². The Balaban J connectivity index is 1.76. The van der Waals surface area contributed by atoms with Crippen molar-refractivity contribution >= 4 is 0 Å². The molecule has 0 aromatic rings. The number of nitrogens with zero attached hydrogens (tertiary/aromatic N) is 2. The van der Waals surface area contributed by atoms with Crippen LogP contribution in [0.3, 0.4) is 0 Å². The molecule has 0 saturated carbocycles. The van der Waals surface area contributed by atoms with Crippen molar-refractivity contribution in [1.82, 2.24) is 9.80 Å². The van der Waals surface area contributed by atoms with E-state index in [1.165, 1.54) is 71.2 Å². The van der Waals surface area contributed by atoms with Crippen LogP contribution in [0, 0.1) is 11.3 Å². The van der Waals surface area contributed by atoms with E-state index >= 15 is 0 Å². The van der Waals surface area contributed by atoms with Crippen LogP contribution >= 0.6 is 0 Å². The Morgan fingerprint density at radius 3 is 2.15 bits per heavy atom. The molecule has 118 valence electrons. The summed E-state index contributed by atoms with van der Waals surface area (Å²) in [5.74, 6) is 1.01. The third-order valence-corrected chi connectivity index (χ3v) is 6.11. The van der Waals surface area contributed by atoms with Gasteiger partial charge in [-0.1, -0.05) is 27.2 Å². The van der Waals surface area contributed by atoms with E-state index in [-0.39, 0.29) is 0 Å². The molecule has 20 heavy (non-hydrogen) atoms. The maximum absolute atomic E-state index is 2.76. The summed E-state index contributed by atoms with van der Waals surface area (Å²) in [7, 11) is 0. The predicted octanol–water partition coefficient (Wildman–Crippen LogP) is 4.01. The number of hydrogen-bond donors (Lipinski definition) is 0. The minimum absolute atomic E-state index is 0.572. The molecule has 2 saturated heterocycles. The van der Waals surface area contributed by atoms with Crippen LogP contribution in [-0.2, 0) is 0 Å². The molecule has 0 aromatic carbocycles. The van der Waals surface area contributed by atoms with Crippen molar-refractivity contribution in [2.24, 2.45) is 11.3 Å². The van der Waals surface area contributed by atoms with Gasteiger partial charge < -0.3 is 9.80 Å². The third-order valence-electron chi connectivity index (χ3n) is 6.11. The lowest BCUT2D eigenvalue weighted by Gasteiger charge is -2.45. The predicted molar refractivity (Wildman–Crippen MR) is 88.1 cm³/mol. The first-order valence-corrected chi connectivity index (χ1v) is 9.02. The standard InChI is InChI=1S/C18H36N2/c1-5-16(3)20-13-9-18(4,10-14-20)15-19-11-7-17(6-2)8-12-19/h16-17H,5-15H2,1-4H3. The number of piperidine rings is 2. The second-order valence-electron chi connectivity index (χ2n) is 7.73. The van der Waals surface area contributed by atoms with Crippen LogP contribution in [0.1, 0.15) is 66.2 Å². The van der Waals surface area contributed by atoms with Crippen molar-refractivity contribution in [3.05, 3.63) is 0 Å². The molecule has 2 heterocycles. The van der Waals surface area contributed by atoms with Crippen LogP contribution in [0.25, 0.3) is 0 Å². The summed E-state index contributed by atoms with van der Waals surface area (Å²) in [6, 6.07) is 0.778. The summed E-state index contributed by atoms with van der Waals surface area (Å²) < 4.78 is 0. The van der Waals surface area contributed by atoms with Gasteiger partial charge in [0.15, 0.2) is 0 Å². The maximum Gasteiger partial charge on any atom is 0.00643 e. The Kier molecular flexibility index (Phi) is 5.92. The summed E-state index contributed by atoms with van der Waals surface area (Å²) >= 11 is 0. The molecule has 0 N–H and O–H groups in total. The zero-order valence-corrected chi connectivity index (χ0v) is 14.3. The first-order chi connectivity index (χ1) is 9.56. The summed E-state index contributed by atoms with van der Waals surface area (Å²) in [5.41, 5.74) is 0.572. The lowest BCUT2D eigenvalue weighted by atomic mass is 9.79. The lowest BCUT2D eigenvalue weighted by molar-refractivity contribution is 0.0449. The first kappa shape index (κ1) is 16.3. The highest BCUT2D eigenvalue weighted by Crippen LogP contribution is 2.34. The first-order valence-electron chi connectivity index (χ1n) is 9.02. The normalized spacial score (nSPS) is 27.6. The van der Waals surface area contributed by atoms with Crippen molar-refractivity contribution in [3.63, 3.8) is 0 Å². The van der Waals surface area contributed by atoms with Crippen molar-refractivity contribution in [2.75, 3.05) is 32.7 Å². The second-order valence-corrected chi connectivity index (χ2v) is 7.73. The van der Waals surface area contributed by atoms with Crippen molar-refractivity contribution < 1.29 is 0 Å². The van der Waals surface area contributed by atoms with Crippen molar-refractivity contribution in [1.29, 1.82) is 0 Å². The molecule has 2 aliphatic heterocycles. The van der Waals surface area contributed by atoms with E-state index in [1.807, 2.05) is 0 Å². The van der Waals surface area contributed by atoms with E-state index in [0.29, 0.717) is 5.41 Å². The Labute approximate surface area is 126 Å². The number of likely N-dealkylation sites (tertiary alicyclic amines) is 2. The Bertz CT molecular complexity index is 273. The van der Waals surface area contributed by atoms with Crippen LogP contribution in [0.2, 0.25) is 0 Å². The van der Waals surface area contributed by atoms with Gasteiger partial charge in [0.05, 0.1) is 0 Å². The summed E-state index contributed by atoms with van der Waals surface area (Å²) in [4.78, 5) is 5.45. The SMILES string of the molecule is CCC1CCN(CC2(C)CCN(C(C)CC)CC2)CC1. The average Bonchev–Trinajstić information content (AvgIpc) is 2.48. The quantitative estimate of drug-likeness (QED) is 0.751. The van der Waals surface area contributed by atoms with Gasteiger partial charge in [0, 0.05) is 12.6 Å². The van der Waals surface area contributed by atoms with Crippen LogP contribution in [-0.4, -0.2) is 48.6 Å². The van der Waals surface area contributed by atoms with Gasteiger partial charge in [-0.25, -0.2) is 0 Å². The highest BCUT2D eigenvalue weighted by atomic mass is 15.2. The molecule has 2 fully saturated rings. The molecule has 2 nitrogen and oxygen atoms in total. The minimum atomic E-state index is 0.572. The van der Waals surface area contributed by atoms with E-state index in [2.05, 4.69) is 37.5 Å². The zero-order valence-electron chi connectivity index (χ0n) is 14.3. The molecule has 0 aromatic heterocycles. The minimum Gasteiger partial charge on any atom is -0.303 e. The highest BCUT2D eigenvalue weighted by Gasteiger charge is 2.33. The topological polar surface area (TPSA) is 6.48 Å². The van der Waals surface area contributed by atoms with Gasteiger partial charge in [0.25, 0.3) is 0 Å². The van der Waals surface area contributed by atoms with Gasteiger partial charge in [0.1, 0.15) is 0 Å². The van der Waals surface area contributed by atoms with E-state index in [9.17, 15) is 0 Å². The molecule has 2 heteroatoms. The van der Waals surface area contributed by atoms with Gasteiger partial charge >= 0.3 is 0 Å². The van der Waals surface area contributed by atoms with Crippen LogP contribution < -0.4 is 0 Å². The Morgan fingerprint density at radius 1 is 1.05 bits per heavy atom. The van der Waals surface area contributed by atoms with Gasteiger partial charge in [-0.3, -0.25) is 0 Å². The number of rotatable bonds is 5. The van der Waals surface area contributed by atoms with Gasteiger partial charge in [-0.05, 0) is 76.5 Å². The molecule has 2 aliphatic rings. The molecule has 0 spiro atoms. The number of hydrogen-bond acceptors (Lipinski definition) is 2. The second kappa shape index (κ2) is 7.26. The van der Waals surface area contributed by atoms with Crippen LogP contribution in [0.15, 0.2) is 0 Å². The van der Waals surface area contributed by atoms with Crippen LogP contribution in [0.5, 0.6) is 0 Å².